The van der Waals surface area contributed by atoms with Gasteiger partial charge in [-0.05, 0) is 31.2 Å². The van der Waals surface area contributed by atoms with E-state index in [4.69, 9.17) is 0 Å². The van der Waals surface area contributed by atoms with Crippen LogP contribution < -0.4 is 4.90 Å². The Bertz CT molecular complexity index is 820. The Morgan fingerprint density at radius 3 is 2.62 bits per heavy atom. The molecule has 0 saturated carbocycles. The number of carbonyl (C=O) groups is 3. The normalized spacial score (nSPS) is 17.4. The molecule has 1 aliphatic rings. The van der Waals surface area contributed by atoms with Crippen LogP contribution in [0.4, 0.5) is 5.69 Å². The molecule has 7 heteroatoms. The number of aromatic carboxylic acids is 1. The van der Waals surface area contributed by atoms with E-state index in [0.717, 1.165) is 22.2 Å². The summed E-state index contributed by atoms with van der Waals surface area (Å²) in [5.74, 6) is -1.76. The largest absolute Gasteiger partial charge is 0.478 e. The number of hydrogen-bond acceptors (Lipinski definition) is 5. The molecule has 122 valence electrons. The maximum absolute atomic E-state index is 12.6. The lowest BCUT2D eigenvalue weighted by atomic mass is 10.2. The van der Waals surface area contributed by atoms with Gasteiger partial charge in [-0.25, -0.2) is 14.7 Å². The Kier molecular flexibility index (Phi) is 4.35. The van der Waals surface area contributed by atoms with Crippen molar-refractivity contribution in [1.29, 1.82) is 0 Å². The van der Waals surface area contributed by atoms with Gasteiger partial charge in [0.1, 0.15) is 5.03 Å². The number of anilines is 1. The lowest BCUT2D eigenvalue weighted by Crippen LogP contribution is -2.31. The van der Waals surface area contributed by atoms with Crippen LogP contribution in [0.25, 0.3) is 0 Å². The van der Waals surface area contributed by atoms with Gasteiger partial charge in [-0.2, -0.15) is 0 Å². The van der Waals surface area contributed by atoms with Crippen molar-refractivity contribution in [1.82, 2.24) is 4.98 Å². The van der Waals surface area contributed by atoms with Crippen molar-refractivity contribution in [3.63, 3.8) is 0 Å². The van der Waals surface area contributed by atoms with Crippen molar-refractivity contribution < 1.29 is 19.5 Å². The van der Waals surface area contributed by atoms with Crippen LogP contribution in [0.15, 0.2) is 47.6 Å². The molecule has 1 aliphatic heterocycles. The number of thioether (sulfide) groups is 1. The SMILES string of the molecule is Cc1ccc(N2C(=O)C[C@H](Sc3ncccc3C(=O)O)C2=O)cc1. The van der Waals surface area contributed by atoms with Crippen molar-refractivity contribution in [2.75, 3.05) is 4.90 Å². The van der Waals surface area contributed by atoms with Crippen LogP contribution in [0, 0.1) is 6.92 Å². The summed E-state index contributed by atoms with van der Waals surface area (Å²) < 4.78 is 0. The van der Waals surface area contributed by atoms with Gasteiger partial charge in [-0.3, -0.25) is 9.59 Å². The van der Waals surface area contributed by atoms with Gasteiger partial charge in [0.2, 0.25) is 11.8 Å². The second kappa shape index (κ2) is 6.45. The summed E-state index contributed by atoms with van der Waals surface area (Å²) in [6, 6.07) is 10.1. The summed E-state index contributed by atoms with van der Waals surface area (Å²) in [4.78, 5) is 41.3. The predicted octanol–water partition coefficient (Wildman–Crippen LogP) is 2.51. The first-order valence-electron chi connectivity index (χ1n) is 7.26. The van der Waals surface area contributed by atoms with E-state index in [0.29, 0.717) is 5.69 Å². The molecule has 1 aromatic carbocycles. The van der Waals surface area contributed by atoms with Gasteiger partial charge < -0.3 is 5.11 Å². The maximum Gasteiger partial charge on any atom is 0.338 e. The summed E-state index contributed by atoms with van der Waals surface area (Å²) in [5.41, 5.74) is 1.58. The summed E-state index contributed by atoms with van der Waals surface area (Å²) >= 11 is 1.02. The molecule has 24 heavy (non-hydrogen) atoms. The predicted molar refractivity (Wildman–Crippen MR) is 89.1 cm³/mol. The number of nitrogens with zero attached hydrogens (tertiary/aromatic N) is 2. The van der Waals surface area contributed by atoms with Gasteiger partial charge in [-0.1, -0.05) is 29.5 Å². The third kappa shape index (κ3) is 3.03. The van der Waals surface area contributed by atoms with Gasteiger partial charge in [0.25, 0.3) is 0 Å². The molecule has 3 rings (SSSR count). The molecule has 2 heterocycles. The van der Waals surface area contributed by atoms with Crippen molar-refractivity contribution in [2.24, 2.45) is 0 Å². The van der Waals surface area contributed by atoms with E-state index >= 15 is 0 Å². The number of pyridine rings is 1. The average Bonchev–Trinajstić information content (AvgIpc) is 2.83. The fourth-order valence-electron chi connectivity index (χ4n) is 2.44. The number of carboxylic acid groups (broad SMARTS) is 1. The molecule has 6 nitrogen and oxygen atoms in total. The van der Waals surface area contributed by atoms with Crippen LogP contribution in [0.2, 0.25) is 0 Å². The van der Waals surface area contributed by atoms with E-state index in [2.05, 4.69) is 4.98 Å². The fourth-order valence-corrected chi connectivity index (χ4v) is 3.55. The molecule has 0 bridgehead atoms. The fraction of sp³-hybridized carbons (Fsp3) is 0.176. The number of amides is 2. The highest BCUT2D eigenvalue weighted by atomic mass is 32.2. The van der Waals surface area contributed by atoms with Gasteiger partial charge >= 0.3 is 5.97 Å². The Morgan fingerprint density at radius 1 is 1.25 bits per heavy atom. The highest BCUT2D eigenvalue weighted by Gasteiger charge is 2.40. The minimum Gasteiger partial charge on any atom is -0.478 e. The third-order valence-corrected chi connectivity index (χ3v) is 4.85. The number of benzene rings is 1. The molecule has 1 saturated heterocycles. The zero-order valence-corrected chi connectivity index (χ0v) is 13.6. The van der Waals surface area contributed by atoms with Gasteiger partial charge in [-0.15, -0.1) is 0 Å². The average molecular weight is 342 g/mol. The van der Waals surface area contributed by atoms with E-state index in [-0.39, 0.29) is 28.8 Å². The Labute approximate surface area is 142 Å². The first-order valence-corrected chi connectivity index (χ1v) is 8.14. The molecule has 1 N–H and O–H groups in total. The zero-order chi connectivity index (χ0) is 17.3. The Morgan fingerprint density at radius 2 is 1.96 bits per heavy atom. The Hall–Kier alpha value is -2.67. The number of carbonyl (C=O) groups excluding carboxylic acids is 2. The highest BCUT2D eigenvalue weighted by Crippen LogP contribution is 2.34. The maximum atomic E-state index is 12.6. The second-order valence-electron chi connectivity index (χ2n) is 5.37. The highest BCUT2D eigenvalue weighted by molar-refractivity contribution is 8.00. The smallest absolute Gasteiger partial charge is 0.338 e. The van der Waals surface area contributed by atoms with E-state index in [1.807, 2.05) is 19.1 Å². The summed E-state index contributed by atoms with van der Waals surface area (Å²) in [7, 11) is 0. The number of hydrogen-bond donors (Lipinski definition) is 1. The number of aromatic nitrogens is 1. The van der Waals surface area contributed by atoms with Crippen molar-refractivity contribution in [2.45, 2.75) is 23.6 Å². The standard InChI is InChI=1S/C17H14N2O4S/c1-10-4-6-11(7-5-10)19-14(20)9-13(16(19)21)24-15-12(17(22)23)3-2-8-18-15/h2-8,13H,9H2,1H3,(H,22,23)/t13-/m0/s1. The first kappa shape index (κ1) is 16.2. The molecule has 2 amide bonds. The molecule has 1 atom stereocenters. The summed E-state index contributed by atoms with van der Waals surface area (Å²) in [5, 5.41) is 8.76. The molecule has 1 fully saturated rings. The van der Waals surface area contributed by atoms with Crippen LogP contribution >= 0.6 is 11.8 Å². The van der Waals surface area contributed by atoms with E-state index in [1.165, 1.54) is 18.3 Å². The molecule has 0 unspecified atom stereocenters. The monoisotopic (exact) mass is 342 g/mol. The van der Waals surface area contributed by atoms with Crippen LogP contribution in [-0.4, -0.2) is 33.1 Å². The minimum atomic E-state index is -1.11. The van der Waals surface area contributed by atoms with Crippen LogP contribution in [-0.2, 0) is 9.59 Å². The van der Waals surface area contributed by atoms with E-state index < -0.39 is 11.2 Å². The van der Waals surface area contributed by atoms with E-state index in [9.17, 15) is 19.5 Å². The number of rotatable bonds is 4. The Balaban J connectivity index is 1.85. The lowest BCUT2D eigenvalue weighted by Gasteiger charge is -2.15. The van der Waals surface area contributed by atoms with Crippen molar-refractivity contribution in [3.05, 3.63) is 53.7 Å². The van der Waals surface area contributed by atoms with Crippen LogP contribution in [0.1, 0.15) is 22.3 Å². The molecular weight excluding hydrogens is 328 g/mol. The minimum absolute atomic E-state index is 0.0208. The van der Waals surface area contributed by atoms with Crippen molar-refractivity contribution in [3.8, 4) is 0 Å². The molecule has 0 aliphatic carbocycles. The summed E-state index contributed by atoms with van der Waals surface area (Å²) in [6.45, 7) is 1.92. The molecular formula is C17H14N2O4S. The van der Waals surface area contributed by atoms with Crippen LogP contribution in [0.5, 0.6) is 0 Å². The number of imide groups is 1. The van der Waals surface area contributed by atoms with Crippen LogP contribution in [0.3, 0.4) is 0 Å². The topological polar surface area (TPSA) is 87.6 Å². The number of aryl methyl sites for hydroxylation is 1. The zero-order valence-electron chi connectivity index (χ0n) is 12.8. The van der Waals surface area contributed by atoms with E-state index in [1.54, 1.807) is 12.1 Å². The van der Waals surface area contributed by atoms with Gasteiger partial charge in [0, 0.05) is 12.6 Å². The van der Waals surface area contributed by atoms with Gasteiger partial charge in [0.05, 0.1) is 16.5 Å². The summed E-state index contributed by atoms with van der Waals surface area (Å²) in [6.07, 6.45) is 1.49. The molecule has 2 aromatic rings. The van der Waals surface area contributed by atoms with Crippen molar-refractivity contribution >= 4 is 35.2 Å². The second-order valence-corrected chi connectivity index (χ2v) is 6.57. The van der Waals surface area contributed by atoms with Gasteiger partial charge in [0.15, 0.2) is 0 Å². The quantitative estimate of drug-likeness (QED) is 0.859. The molecule has 1 aromatic heterocycles. The number of carboxylic acids is 1. The first-order chi connectivity index (χ1) is 11.5. The lowest BCUT2D eigenvalue weighted by molar-refractivity contribution is -0.121. The third-order valence-electron chi connectivity index (χ3n) is 3.65. The molecule has 0 spiro atoms. The molecule has 0 radical (unpaired) electrons.